The minimum absolute atomic E-state index is 0.121. The first-order valence-corrected chi connectivity index (χ1v) is 7.91. The summed E-state index contributed by atoms with van der Waals surface area (Å²) in [5.74, 6) is 0.394. The Morgan fingerprint density at radius 2 is 2.05 bits per heavy atom. The summed E-state index contributed by atoms with van der Waals surface area (Å²) in [6.07, 6.45) is 5.57. The number of aromatic nitrogens is 2. The fraction of sp³-hybridized carbons (Fsp3) is 0.438. The Hall–Kier alpha value is -1.88. The van der Waals surface area contributed by atoms with Crippen LogP contribution in [0.4, 0.5) is 0 Å². The Labute approximate surface area is 133 Å². The minimum Gasteiger partial charge on any atom is -0.349 e. The molecule has 2 aromatic heterocycles. The van der Waals surface area contributed by atoms with E-state index in [1.54, 1.807) is 12.1 Å². The van der Waals surface area contributed by atoms with Crippen LogP contribution in [-0.4, -0.2) is 21.9 Å². The van der Waals surface area contributed by atoms with E-state index in [-0.39, 0.29) is 22.9 Å². The Balaban J connectivity index is 1.83. The highest BCUT2D eigenvalue weighted by Crippen LogP contribution is 2.23. The third-order valence-electron chi connectivity index (χ3n) is 4.30. The van der Waals surface area contributed by atoms with Crippen molar-refractivity contribution in [2.24, 2.45) is 5.92 Å². The number of fused-ring (bicyclic) bond motifs is 1. The molecule has 3 rings (SSSR count). The zero-order chi connectivity index (χ0) is 15.7. The number of amides is 1. The molecule has 0 unspecified atom stereocenters. The van der Waals surface area contributed by atoms with Crippen molar-refractivity contribution >= 4 is 28.5 Å². The number of nitrogens with one attached hydrogen (secondary N) is 2. The van der Waals surface area contributed by atoms with Gasteiger partial charge in [-0.15, -0.1) is 0 Å². The number of rotatable bonds is 2. The quantitative estimate of drug-likeness (QED) is 0.836. The minimum atomic E-state index is -0.322. The van der Waals surface area contributed by atoms with Gasteiger partial charge in [0.2, 0.25) is 5.43 Å². The molecule has 22 heavy (non-hydrogen) atoms. The lowest BCUT2D eigenvalue weighted by Gasteiger charge is -2.26. The normalized spacial score (nSPS) is 21.7. The van der Waals surface area contributed by atoms with E-state index in [2.05, 4.69) is 22.2 Å². The summed E-state index contributed by atoms with van der Waals surface area (Å²) in [5, 5.41) is 3.64. The summed E-state index contributed by atoms with van der Waals surface area (Å²) in [4.78, 5) is 31.7. The molecule has 0 spiro atoms. The van der Waals surface area contributed by atoms with Crippen LogP contribution in [0.2, 0.25) is 5.15 Å². The second-order valence-corrected chi connectivity index (χ2v) is 6.38. The summed E-state index contributed by atoms with van der Waals surface area (Å²) >= 11 is 5.80. The molecule has 0 aliphatic heterocycles. The predicted molar refractivity (Wildman–Crippen MR) is 86.3 cm³/mol. The highest BCUT2D eigenvalue weighted by atomic mass is 35.5. The van der Waals surface area contributed by atoms with E-state index in [9.17, 15) is 9.59 Å². The summed E-state index contributed by atoms with van der Waals surface area (Å²) in [7, 11) is 0. The van der Waals surface area contributed by atoms with E-state index < -0.39 is 0 Å². The van der Waals surface area contributed by atoms with Crippen molar-refractivity contribution in [1.29, 1.82) is 0 Å². The SMILES string of the molecule is CC1CCC(NC(=O)c2c[nH]c3nc(Cl)ccc3c2=O)CC1. The molecule has 0 atom stereocenters. The van der Waals surface area contributed by atoms with E-state index in [4.69, 9.17) is 11.6 Å². The number of aromatic amines is 1. The Morgan fingerprint density at radius 1 is 1.32 bits per heavy atom. The molecule has 1 aliphatic carbocycles. The van der Waals surface area contributed by atoms with Crippen LogP contribution in [0.15, 0.2) is 23.1 Å². The second-order valence-electron chi connectivity index (χ2n) is 5.99. The molecule has 5 nitrogen and oxygen atoms in total. The molecule has 1 saturated carbocycles. The Morgan fingerprint density at radius 3 is 2.77 bits per heavy atom. The van der Waals surface area contributed by atoms with Gasteiger partial charge in [0.1, 0.15) is 16.4 Å². The third-order valence-corrected chi connectivity index (χ3v) is 4.51. The lowest BCUT2D eigenvalue weighted by molar-refractivity contribution is 0.0922. The zero-order valence-electron chi connectivity index (χ0n) is 12.4. The summed E-state index contributed by atoms with van der Waals surface area (Å²) in [6.45, 7) is 2.23. The maximum Gasteiger partial charge on any atom is 0.256 e. The molecule has 116 valence electrons. The van der Waals surface area contributed by atoms with Gasteiger partial charge in [0.25, 0.3) is 5.91 Å². The molecule has 1 fully saturated rings. The summed E-state index contributed by atoms with van der Waals surface area (Å²) in [6, 6.07) is 3.29. The van der Waals surface area contributed by atoms with Gasteiger partial charge in [-0.25, -0.2) is 4.98 Å². The highest BCUT2D eigenvalue weighted by molar-refractivity contribution is 6.29. The molecule has 0 radical (unpaired) electrons. The van der Waals surface area contributed by atoms with E-state index in [0.29, 0.717) is 22.1 Å². The summed E-state index contributed by atoms with van der Waals surface area (Å²) < 4.78 is 0. The first-order chi connectivity index (χ1) is 10.5. The van der Waals surface area contributed by atoms with Gasteiger partial charge < -0.3 is 10.3 Å². The van der Waals surface area contributed by atoms with Crippen molar-refractivity contribution in [2.75, 3.05) is 0 Å². The maximum atomic E-state index is 12.4. The van der Waals surface area contributed by atoms with Crippen LogP contribution in [0.1, 0.15) is 43.0 Å². The number of hydrogen-bond donors (Lipinski definition) is 2. The molecule has 6 heteroatoms. The van der Waals surface area contributed by atoms with Gasteiger partial charge in [0.15, 0.2) is 0 Å². The molecule has 1 aliphatic rings. The van der Waals surface area contributed by atoms with Crippen LogP contribution in [0.5, 0.6) is 0 Å². The lowest BCUT2D eigenvalue weighted by Crippen LogP contribution is -2.39. The lowest BCUT2D eigenvalue weighted by atomic mass is 9.87. The van der Waals surface area contributed by atoms with Gasteiger partial charge in [-0.1, -0.05) is 18.5 Å². The van der Waals surface area contributed by atoms with Crippen molar-refractivity contribution in [1.82, 2.24) is 15.3 Å². The van der Waals surface area contributed by atoms with Crippen molar-refractivity contribution in [2.45, 2.75) is 38.6 Å². The Bertz CT molecular complexity index is 764. The first kappa shape index (κ1) is 15.0. The van der Waals surface area contributed by atoms with Gasteiger partial charge in [-0.3, -0.25) is 9.59 Å². The first-order valence-electron chi connectivity index (χ1n) is 7.53. The zero-order valence-corrected chi connectivity index (χ0v) is 13.1. The number of nitrogens with zero attached hydrogens (tertiary/aromatic N) is 1. The molecule has 0 bridgehead atoms. The number of carbonyl (C=O) groups excluding carboxylic acids is 1. The smallest absolute Gasteiger partial charge is 0.256 e. The average molecular weight is 320 g/mol. The van der Waals surface area contributed by atoms with Crippen LogP contribution in [0.25, 0.3) is 11.0 Å². The monoisotopic (exact) mass is 319 g/mol. The van der Waals surface area contributed by atoms with E-state index >= 15 is 0 Å². The van der Waals surface area contributed by atoms with E-state index in [1.807, 2.05) is 0 Å². The molecule has 2 N–H and O–H groups in total. The van der Waals surface area contributed by atoms with Crippen molar-refractivity contribution in [3.8, 4) is 0 Å². The maximum absolute atomic E-state index is 12.4. The van der Waals surface area contributed by atoms with Gasteiger partial charge in [0.05, 0.1) is 5.39 Å². The topological polar surface area (TPSA) is 74.8 Å². The molecule has 0 saturated heterocycles. The standard InChI is InChI=1S/C16H18ClN3O2/c1-9-2-4-10(5-3-9)19-16(22)12-8-18-15-11(14(12)21)6-7-13(17)20-15/h6-10H,2-5H2,1H3,(H,19,22)(H,18,20,21). The van der Waals surface area contributed by atoms with Gasteiger partial charge in [-0.2, -0.15) is 0 Å². The predicted octanol–water partition coefficient (Wildman–Crippen LogP) is 2.89. The molecular formula is C16H18ClN3O2. The summed E-state index contributed by atoms with van der Waals surface area (Å²) in [5.41, 5.74) is 0.190. The van der Waals surface area contributed by atoms with Crippen molar-refractivity contribution in [3.63, 3.8) is 0 Å². The molecule has 0 aromatic carbocycles. The number of carbonyl (C=O) groups is 1. The number of halogens is 1. The van der Waals surface area contributed by atoms with Crippen LogP contribution in [0, 0.1) is 5.92 Å². The number of H-pyrrole nitrogens is 1. The van der Waals surface area contributed by atoms with E-state index in [0.717, 1.165) is 25.7 Å². The van der Waals surface area contributed by atoms with Gasteiger partial charge >= 0.3 is 0 Å². The molecule has 2 heterocycles. The van der Waals surface area contributed by atoms with Crippen molar-refractivity contribution in [3.05, 3.63) is 39.3 Å². The van der Waals surface area contributed by atoms with Crippen molar-refractivity contribution < 1.29 is 4.79 Å². The molecular weight excluding hydrogens is 302 g/mol. The fourth-order valence-corrected chi connectivity index (χ4v) is 3.06. The Kier molecular flexibility index (Phi) is 4.16. The highest BCUT2D eigenvalue weighted by Gasteiger charge is 2.22. The van der Waals surface area contributed by atoms with Gasteiger partial charge in [0, 0.05) is 12.2 Å². The average Bonchev–Trinajstić information content (AvgIpc) is 2.49. The second kappa shape index (κ2) is 6.08. The third kappa shape index (κ3) is 2.99. The molecule has 2 aromatic rings. The van der Waals surface area contributed by atoms with Crippen LogP contribution in [0.3, 0.4) is 0 Å². The van der Waals surface area contributed by atoms with Gasteiger partial charge in [-0.05, 0) is 43.7 Å². The number of hydrogen-bond acceptors (Lipinski definition) is 3. The largest absolute Gasteiger partial charge is 0.349 e. The number of pyridine rings is 2. The molecule has 1 amide bonds. The fourth-order valence-electron chi connectivity index (χ4n) is 2.92. The van der Waals surface area contributed by atoms with Crippen LogP contribution < -0.4 is 10.7 Å². The van der Waals surface area contributed by atoms with Crippen LogP contribution >= 0.6 is 11.6 Å². The van der Waals surface area contributed by atoms with Crippen LogP contribution in [-0.2, 0) is 0 Å². The van der Waals surface area contributed by atoms with E-state index in [1.165, 1.54) is 6.20 Å².